The van der Waals surface area contributed by atoms with Gasteiger partial charge in [0, 0.05) is 30.9 Å². The molecule has 4 nitrogen and oxygen atoms in total. The lowest BCUT2D eigenvalue weighted by Crippen LogP contribution is -2.05. The van der Waals surface area contributed by atoms with Gasteiger partial charge in [0.2, 0.25) is 0 Å². The number of rotatable bonds is 6. The van der Waals surface area contributed by atoms with Gasteiger partial charge in [-0.3, -0.25) is 4.79 Å². The van der Waals surface area contributed by atoms with Crippen molar-refractivity contribution in [3.63, 3.8) is 0 Å². The molecule has 0 aliphatic rings. The van der Waals surface area contributed by atoms with Crippen LogP contribution in [0.15, 0.2) is 30.6 Å². The molecule has 0 amide bonds. The number of aldehydes is 1. The van der Waals surface area contributed by atoms with E-state index in [-0.39, 0.29) is 0 Å². The van der Waals surface area contributed by atoms with Crippen LogP contribution in [0.3, 0.4) is 0 Å². The van der Waals surface area contributed by atoms with Gasteiger partial charge in [-0.2, -0.15) is 0 Å². The van der Waals surface area contributed by atoms with E-state index in [1.54, 1.807) is 25.4 Å². The molecule has 0 N–H and O–H groups in total. The van der Waals surface area contributed by atoms with Crippen molar-refractivity contribution in [3.05, 3.63) is 47.5 Å². The van der Waals surface area contributed by atoms with Gasteiger partial charge in [0.1, 0.15) is 17.9 Å². The second kappa shape index (κ2) is 6.18. The number of carbonyl (C=O) groups excluding carboxylic acids is 1. The number of imidazole rings is 1. The lowest BCUT2D eigenvalue weighted by molar-refractivity contribution is 0.112. The first-order valence-corrected chi connectivity index (χ1v) is 6.40. The first kappa shape index (κ1) is 13.3. The Morgan fingerprint density at radius 1 is 1.42 bits per heavy atom. The molecular formula is C15H18N2O2. The van der Waals surface area contributed by atoms with Gasteiger partial charge in [-0.15, -0.1) is 0 Å². The Hall–Kier alpha value is -2.10. The Bertz CT molecular complexity index is 561. The molecule has 1 aromatic carbocycles. The maximum atomic E-state index is 11.1. The molecule has 0 fully saturated rings. The number of benzene rings is 1. The van der Waals surface area contributed by atoms with Crippen molar-refractivity contribution in [2.75, 3.05) is 7.11 Å². The number of carbonyl (C=O) groups is 1. The summed E-state index contributed by atoms with van der Waals surface area (Å²) in [6.45, 7) is 3.07. The molecule has 2 aromatic rings. The van der Waals surface area contributed by atoms with Gasteiger partial charge in [0.25, 0.3) is 0 Å². The number of ether oxygens (including phenoxy) is 1. The van der Waals surface area contributed by atoms with Crippen LogP contribution in [-0.2, 0) is 13.0 Å². The van der Waals surface area contributed by atoms with Crippen LogP contribution in [0, 0.1) is 0 Å². The minimum absolute atomic E-state index is 0.637. The predicted octanol–water partition coefficient (Wildman–Crippen LogP) is 2.71. The normalized spacial score (nSPS) is 10.4. The van der Waals surface area contributed by atoms with Crippen molar-refractivity contribution >= 4 is 6.29 Å². The van der Waals surface area contributed by atoms with Crippen LogP contribution in [-0.4, -0.2) is 22.9 Å². The molecule has 0 atom stereocenters. The molecule has 0 unspecified atom stereocenters. The summed E-state index contributed by atoms with van der Waals surface area (Å²) in [6, 6.07) is 5.48. The molecule has 1 heterocycles. The summed E-state index contributed by atoms with van der Waals surface area (Å²) in [6.07, 6.45) is 6.34. The fourth-order valence-corrected chi connectivity index (χ4v) is 2.10. The number of hydrogen-bond acceptors (Lipinski definition) is 3. The van der Waals surface area contributed by atoms with E-state index in [1.807, 2.05) is 12.3 Å². The Kier molecular flexibility index (Phi) is 4.34. The third-order valence-corrected chi connectivity index (χ3v) is 3.09. The molecule has 0 bridgehead atoms. The summed E-state index contributed by atoms with van der Waals surface area (Å²) in [4.78, 5) is 15.5. The Balaban J connectivity index is 2.30. The molecule has 0 radical (unpaired) electrons. The summed E-state index contributed by atoms with van der Waals surface area (Å²) >= 11 is 0. The van der Waals surface area contributed by atoms with E-state index in [0.717, 1.165) is 36.4 Å². The van der Waals surface area contributed by atoms with Gasteiger partial charge in [0.15, 0.2) is 0 Å². The largest absolute Gasteiger partial charge is 0.497 e. The average Bonchev–Trinajstić information content (AvgIpc) is 2.86. The number of aromatic nitrogens is 2. The molecule has 0 aliphatic carbocycles. The molecule has 0 saturated heterocycles. The summed E-state index contributed by atoms with van der Waals surface area (Å²) in [5, 5.41) is 0. The Morgan fingerprint density at radius 2 is 2.26 bits per heavy atom. The predicted molar refractivity (Wildman–Crippen MR) is 73.7 cm³/mol. The molecule has 1 aromatic heterocycles. The number of nitrogens with zero attached hydrogens (tertiary/aromatic N) is 2. The molecule has 0 saturated carbocycles. The second-order valence-corrected chi connectivity index (χ2v) is 4.40. The van der Waals surface area contributed by atoms with E-state index in [0.29, 0.717) is 12.0 Å². The highest BCUT2D eigenvalue weighted by molar-refractivity contribution is 5.77. The minimum atomic E-state index is 0.637. The first-order chi connectivity index (χ1) is 9.28. The zero-order valence-electron chi connectivity index (χ0n) is 11.3. The number of hydrogen-bond donors (Lipinski definition) is 0. The van der Waals surface area contributed by atoms with Crippen LogP contribution in [0.2, 0.25) is 0 Å². The van der Waals surface area contributed by atoms with E-state index in [4.69, 9.17) is 4.74 Å². The third-order valence-electron chi connectivity index (χ3n) is 3.09. The van der Waals surface area contributed by atoms with Crippen molar-refractivity contribution in [1.82, 2.24) is 9.55 Å². The van der Waals surface area contributed by atoms with Gasteiger partial charge in [-0.1, -0.05) is 6.92 Å². The summed E-state index contributed by atoms with van der Waals surface area (Å²) < 4.78 is 7.33. The maximum Gasteiger partial charge on any atom is 0.150 e. The van der Waals surface area contributed by atoms with Gasteiger partial charge in [-0.25, -0.2) is 4.98 Å². The molecule has 19 heavy (non-hydrogen) atoms. The van der Waals surface area contributed by atoms with Gasteiger partial charge in [-0.05, 0) is 30.2 Å². The van der Waals surface area contributed by atoms with Crippen molar-refractivity contribution in [3.8, 4) is 5.75 Å². The van der Waals surface area contributed by atoms with Gasteiger partial charge >= 0.3 is 0 Å². The van der Waals surface area contributed by atoms with E-state index in [1.165, 1.54) is 0 Å². The summed E-state index contributed by atoms with van der Waals surface area (Å²) in [5.74, 6) is 1.73. The highest BCUT2D eigenvalue weighted by Crippen LogP contribution is 2.19. The standard InChI is InChI=1S/C15H18N2O2/c1-3-7-17-8-6-16-15(17)10-13-9-14(19-2)5-4-12(13)11-18/h4-6,8-9,11H,3,7,10H2,1-2H3. The van der Waals surface area contributed by atoms with Crippen LogP contribution in [0.1, 0.15) is 35.1 Å². The highest BCUT2D eigenvalue weighted by atomic mass is 16.5. The lowest BCUT2D eigenvalue weighted by atomic mass is 10.0. The van der Waals surface area contributed by atoms with Gasteiger partial charge in [0.05, 0.1) is 7.11 Å². The summed E-state index contributed by atoms with van der Waals surface area (Å²) in [5.41, 5.74) is 1.63. The van der Waals surface area contributed by atoms with Crippen LogP contribution in [0.25, 0.3) is 0 Å². The second-order valence-electron chi connectivity index (χ2n) is 4.40. The number of aryl methyl sites for hydroxylation is 1. The Labute approximate surface area is 113 Å². The molecule has 2 rings (SSSR count). The molecule has 4 heteroatoms. The fourth-order valence-electron chi connectivity index (χ4n) is 2.10. The van der Waals surface area contributed by atoms with Crippen LogP contribution >= 0.6 is 0 Å². The quantitative estimate of drug-likeness (QED) is 0.748. The van der Waals surface area contributed by atoms with E-state index in [9.17, 15) is 4.79 Å². The molecule has 100 valence electrons. The van der Waals surface area contributed by atoms with Crippen LogP contribution < -0.4 is 4.74 Å². The van der Waals surface area contributed by atoms with Gasteiger partial charge < -0.3 is 9.30 Å². The Morgan fingerprint density at radius 3 is 2.95 bits per heavy atom. The van der Waals surface area contributed by atoms with Crippen molar-refractivity contribution in [2.24, 2.45) is 0 Å². The summed E-state index contributed by atoms with van der Waals surface area (Å²) in [7, 11) is 1.62. The zero-order valence-corrected chi connectivity index (χ0v) is 11.3. The highest BCUT2D eigenvalue weighted by Gasteiger charge is 2.09. The van der Waals surface area contributed by atoms with Crippen LogP contribution in [0.5, 0.6) is 5.75 Å². The maximum absolute atomic E-state index is 11.1. The fraction of sp³-hybridized carbons (Fsp3) is 0.333. The zero-order chi connectivity index (χ0) is 13.7. The average molecular weight is 258 g/mol. The lowest BCUT2D eigenvalue weighted by Gasteiger charge is -2.09. The molecule has 0 spiro atoms. The molecule has 0 aliphatic heterocycles. The SMILES string of the molecule is CCCn1ccnc1Cc1cc(OC)ccc1C=O. The smallest absolute Gasteiger partial charge is 0.150 e. The van der Waals surface area contributed by atoms with E-state index in [2.05, 4.69) is 16.5 Å². The first-order valence-electron chi connectivity index (χ1n) is 6.40. The van der Waals surface area contributed by atoms with Crippen LogP contribution in [0.4, 0.5) is 0 Å². The topological polar surface area (TPSA) is 44.1 Å². The van der Waals surface area contributed by atoms with Crippen molar-refractivity contribution < 1.29 is 9.53 Å². The van der Waals surface area contributed by atoms with E-state index >= 15 is 0 Å². The molecular weight excluding hydrogens is 240 g/mol. The number of methoxy groups -OCH3 is 1. The minimum Gasteiger partial charge on any atom is -0.497 e. The van der Waals surface area contributed by atoms with E-state index < -0.39 is 0 Å². The van der Waals surface area contributed by atoms with Crippen molar-refractivity contribution in [2.45, 2.75) is 26.3 Å². The van der Waals surface area contributed by atoms with Crippen molar-refractivity contribution in [1.29, 1.82) is 0 Å². The monoisotopic (exact) mass is 258 g/mol. The third kappa shape index (κ3) is 3.02.